The van der Waals surface area contributed by atoms with E-state index in [4.69, 9.17) is 33.7 Å². The fourth-order valence-electron chi connectivity index (χ4n) is 13.7. The van der Waals surface area contributed by atoms with Crippen molar-refractivity contribution in [2.45, 2.75) is 115 Å². The van der Waals surface area contributed by atoms with Crippen LogP contribution in [0.2, 0.25) is 0 Å². The second-order valence-electron chi connectivity index (χ2n) is 24.4. The molecule has 6 aromatic rings. The number of anilines is 4. The van der Waals surface area contributed by atoms with Crippen molar-refractivity contribution in [3.63, 3.8) is 0 Å². The van der Waals surface area contributed by atoms with Gasteiger partial charge in [-0.25, -0.2) is 0 Å². The SMILES string of the molecule is CCC(COCC(CC)OC(=O)CCC(=O)N1CCN(c2cc3c(c4ccccc24)N=CC2(O3)N(C)c3ccccc3C2(C)C)CC1)OC(=O)CCC(=O)N1CCN(c2cc3c(c4ccccc24)N=CC2(O3)N(C)c3ccccc3C2(C)C)CC1. The number of hydrogen-bond donors (Lipinski definition) is 0. The van der Waals surface area contributed by atoms with Gasteiger partial charge in [0.1, 0.15) is 23.6 Å². The van der Waals surface area contributed by atoms with Crippen LogP contribution >= 0.6 is 0 Å². The van der Waals surface area contributed by atoms with Crippen LogP contribution in [-0.2, 0) is 44.2 Å². The van der Waals surface area contributed by atoms with Gasteiger partial charge in [-0.15, -0.1) is 0 Å². The number of ether oxygens (including phenoxy) is 5. The molecule has 4 unspecified atom stereocenters. The summed E-state index contributed by atoms with van der Waals surface area (Å²) >= 11 is 0. The molecule has 85 heavy (non-hydrogen) atoms. The second-order valence-corrected chi connectivity index (χ2v) is 24.4. The number of para-hydroxylation sites is 2. The summed E-state index contributed by atoms with van der Waals surface area (Å²) in [5.74, 6) is 0.319. The lowest BCUT2D eigenvalue weighted by Gasteiger charge is -2.45. The van der Waals surface area contributed by atoms with Crippen LogP contribution in [0.1, 0.15) is 91.2 Å². The highest BCUT2D eigenvalue weighted by Gasteiger charge is 2.60. The van der Waals surface area contributed by atoms with E-state index in [1.54, 1.807) is 0 Å². The number of benzene rings is 6. The van der Waals surface area contributed by atoms with Crippen LogP contribution in [0.3, 0.4) is 0 Å². The smallest absolute Gasteiger partial charge is 0.306 e. The zero-order chi connectivity index (χ0) is 59.4. The van der Waals surface area contributed by atoms with Gasteiger partial charge in [-0.2, -0.15) is 0 Å². The largest absolute Gasteiger partial charge is 0.460 e. The Hall–Kier alpha value is -8.18. The maximum absolute atomic E-state index is 13.5. The van der Waals surface area contributed by atoms with Gasteiger partial charge in [-0.1, -0.05) is 98.8 Å². The number of hydrogen-bond acceptors (Lipinski definition) is 15. The van der Waals surface area contributed by atoms with E-state index in [0.29, 0.717) is 65.2 Å². The molecule has 4 atom stereocenters. The van der Waals surface area contributed by atoms with Crippen molar-refractivity contribution in [2.75, 3.05) is 99.3 Å². The van der Waals surface area contributed by atoms with E-state index in [1.165, 1.54) is 11.1 Å². The molecule has 2 fully saturated rings. The third-order valence-electron chi connectivity index (χ3n) is 19.0. The number of carbonyl (C=O) groups is 4. The van der Waals surface area contributed by atoms with Crippen molar-refractivity contribution >= 4 is 91.9 Å². The van der Waals surface area contributed by atoms with Crippen molar-refractivity contribution in [3.8, 4) is 11.5 Å². The number of nitrogens with zero attached hydrogens (tertiary/aromatic N) is 8. The first kappa shape index (κ1) is 57.3. The summed E-state index contributed by atoms with van der Waals surface area (Å²) < 4.78 is 31.7. The molecule has 0 radical (unpaired) electrons. The molecule has 12 rings (SSSR count). The fourth-order valence-corrected chi connectivity index (χ4v) is 13.7. The first-order valence-electron chi connectivity index (χ1n) is 30.3. The van der Waals surface area contributed by atoms with Gasteiger partial charge < -0.3 is 53.1 Å². The summed E-state index contributed by atoms with van der Waals surface area (Å²) in [4.78, 5) is 76.2. The molecular formula is C68H78N8O9. The lowest BCUT2D eigenvalue weighted by Crippen LogP contribution is -2.61. The summed E-state index contributed by atoms with van der Waals surface area (Å²) in [7, 11) is 4.13. The number of fused-ring (bicyclic) bond motifs is 8. The molecule has 6 heterocycles. The molecule has 6 aromatic carbocycles. The monoisotopic (exact) mass is 1150 g/mol. The highest BCUT2D eigenvalue weighted by atomic mass is 16.6. The number of carbonyl (C=O) groups excluding carboxylic acids is 4. The van der Waals surface area contributed by atoms with Gasteiger partial charge in [0.2, 0.25) is 23.3 Å². The molecule has 17 nitrogen and oxygen atoms in total. The molecule has 444 valence electrons. The van der Waals surface area contributed by atoms with Crippen LogP contribution in [0.25, 0.3) is 21.5 Å². The minimum atomic E-state index is -0.817. The zero-order valence-corrected chi connectivity index (χ0v) is 50.3. The average molecular weight is 1150 g/mol. The lowest BCUT2D eigenvalue weighted by molar-refractivity contribution is -0.158. The summed E-state index contributed by atoms with van der Waals surface area (Å²) in [6.45, 7) is 17.3. The van der Waals surface area contributed by atoms with E-state index in [9.17, 15) is 19.2 Å². The summed E-state index contributed by atoms with van der Waals surface area (Å²) in [5.41, 5.74) is 5.92. The third-order valence-corrected chi connectivity index (χ3v) is 19.0. The first-order chi connectivity index (χ1) is 41.0. The van der Waals surface area contributed by atoms with Gasteiger partial charge in [0.15, 0.2) is 11.5 Å². The molecule has 0 aromatic heterocycles. The van der Waals surface area contributed by atoms with Crippen molar-refractivity contribution in [3.05, 3.63) is 120 Å². The number of amides is 2. The second kappa shape index (κ2) is 22.7. The van der Waals surface area contributed by atoms with Gasteiger partial charge in [-0.05, 0) is 63.8 Å². The fraction of sp³-hybridized carbons (Fsp3) is 0.441. The van der Waals surface area contributed by atoms with Gasteiger partial charge >= 0.3 is 11.9 Å². The Morgan fingerprint density at radius 3 is 1.24 bits per heavy atom. The predicted molar refractivity (Wildman–Crippen MR) is 334 cm³/mol. The number of likely N-dealkylation sites (N-methyl/N-ethyl adjacent to an activating group) is 2. The molecule has 0 N–H and O–H groups in total. The molecular weight excluding hydrogens is 1070 g/mol. The molecule has 2 amide bonds. The van der Waals surface area contributed by atoms with Gasteiger partial charge in [-0.3, -0.25) is 29.2 Å². The van der Waals surface area contributed by atoms with Crippen LogP contribution in [0.5, 0.6) is 11.5 Å². The minimum Gasteiger partial charge on any atom is -0.460 e. The first-order valence-corrected chi connectivity index (χ1v) is 30.3. The average Bonchev–Trinajstić information content (AvgIpc) is 1.62. The molecule has 6 aliphatic rings. The van der Waals surface area contributed by atoms with Gasteiger partial charge in [0.05, 0.1) is 49.3 Å². The lowest BCUT2D eigenvalue weighted by atomic mass is 9.77. The van der Waals surface area contributed by atoms with Crippen LogP contribution in [0.4, 0.5) is 34.1 Å². The number of piperazine rings is 2. The Kier molecular flexibility index (Phi) is 15.3. The van der Waals surface area contributed by atoms with Crippen LogP contribution in [0.15, 0.2) is 119 Å². The van der Waals surface area contributed by atoms with Gasteiger partial charge in [0.25, 0.3) is 0 Å². The maximum atomic E-state index is 13.5. The highest BCUT2D eigenvalue weighted by molar-refractivity contribution is 6.08. The number of aliphatic imine (C=N–C) groups is 2. The Morgan fingerprint density at radius 2 is 0.859 bits per heavy atom. The molecule has 2 spiro atoms. The molecule has 0 aliphatic carbocycles. The Bertz CT molecular complexity index is 3410. The van der Waals surface area contributed by atoms with E-state index in [0.717, 1.165) is 67.2 Å². The normalized spacial score (nSPS) is 21.3. The van der Waals surface area contributed by atoms with Crippen LogP contribution in [0, 0.1) is 0 Å². The summed E-state index contributed by atoms with van der Waals surface area (Å²) in [5, 5.41) is 4.15. The van der Waals surface area contributed by atoms with Crippen molar-refractivity contribution in [2.24, 2.45) is 9.98 Å². The number of esters is 2. The maximum Gasteiger partial charge on any atom is 0.306 e. The Balaban J connectivity index is 0.572. The molecule has 17 heteroatoms. The highest BCUT2D eigenvalue weighted by Crippen LogP contribution is 2.57. The van der Waals surface area contributed by atoms with E-state index in [1.807, 2.05) is 60.3 Å². The zero-order valence-electron chi connectivity index (χ0n) is 50.3. The molecule has 0 saturated carbocycles. The molecule has 0 bridgehead atoms. The van der Waals surface area contributed by atoms with Crippen molar-refractivity contribution in [1.29, 1.82) is 0 Å². The molecule has 6 aliphatic heterocycles. The van der Waals surface area contributed by atoms with E-state index in [-0.39, 0.29) is 61.5 Å². The standard InChI is InChI=1S/C68H78N8O9/c1-9-45(82-61(79)29-27-59(77)75-35-31-73(32-36-75)55-39-57-63(49-21-13-11-19-47(49)55)69-43-67(84-57)65(3,4)51-23-15-17-25-53(51)71(67)7)41-81-42-46(10-2)83-62(80)30-28-60(78)76-37-33-74(34-38-76)56-40-58-64(50-22-14-12-20-48(50)56)70-44-68(85-58)66(5,6)52-24-16-18-26-54(52)72(68)8/h11-26,39-40,43-46H,9-10,27-38,41-42H2,1-8H3. The topological polar surface area (TPSA) is 159 Å². The van der Waals surface area contributed by atoms with Crippen molar-refractivity contribution in [1.82, 2.24) is 9.80 Å². The predicted octanol–water partition coefficient (Wildman–Crippen LogP) is 10.6. The molecule has 2 saturated heterocycles. The van der Waals surface area contributed by atoms with Gasteiger partial charge in [0, 0.05) is 136 Å². The van der Waals surface area contributed by atoms with Crippen LogP contribution < -0.4 is 29.1 Å². The third kappa shape index (κ3) is 9.95. The van der Waals surface area contributed by atoms with E-state index in [2.05, 4.69) is 146 Å². The Labute approximate surface area is 498 Å². The van der Waals surface area contributed by atoms with E-state index < -0.39 is 35.6 Å². The minimum absolute atomic E-state index is 0.0387. The number of rotatable bonds is 16. The van der Waals surface area contributed by atoms with Crippen molar-refractivity contribution < 1.29 is 42.9 Å². The van der Waals surface area contributed by atoms with Crippen LogP contribution in [-0.4, -0.2) is 149 Å². The summed E-state index contributed by atoms with van der Waals surface area (Å²) in [6.07, 6.45) is 3.86. The Morgan fingerprint density at radius 1 is 0.494 bits per heavy atom. The summed E-state index contributed by atoms with van der Waals surface area (Å²) in [6, 6.07) is 37.6. The van der Waals surface area contributed by atoms with E-state index >= 15 is 0 Å². The quantitative estimate of drug-likeness (QED) is 0.0844.